The van der Waals surface area contributed by atoms with Crippen LogP contribution in [0.4, 0.5) is 0 Å². The summed E-state index contributed by atoms with van der Waals surface area (Å²) in [6.45, 7) is 4.48. The van der Waals surface area contributed by atoms with Crippen molar-refractivity contribution in [2.24, 2.45) is 0 Å². The van der Waals surface area contributed by atoms with E-state index in [0.717, 1.165) is 0 Å². The molecule has 0 amide bonds. The van der Waals surface area contributed by atoms with E-state index in [4.69, 9.17) is 0 Å². The standard InChI is InChI=1S/C40H28/c1-25-23-35-36(24-26(25)2)38(32-22-12-16-27-13-6-7-17-29(27)32)40-34-21-11-9-19-31(34)30-18-8-10-20-33(30)39(40)37(35)28-14-4-3-5-15-28/h3-24H,1-2H3. The molecule has 0 unspecified atom stereocenters. The second kappa shape index (κ2) is 8.79. The van der Waals surface area contributed by atoms with E-state index >= 15 is 0 Å². The van der Waals surface area contributed by atoms with Gasteiger partial charge in [-0.05, 0) is 101 Å². The van der Waals surface area contributed by atoms with Crippen molar-refractivity contribution in [2.75, 3.05) is 0 Å². The van der Waals surface area contributed by atoms with Gasteiger partial charge in [-0.25, -0.2) is 0 Å². The van der Waals surface area contributed by atoms with Gasteiger partial charge in [0, 0.05) is 0 Å². The van der Waals surface area contributed by atoms with Crippen molar-refractivity contribution in [1.82, 2.24) is 0 Å². The number of rotatable bonds is 2. The molecule has 0 nitrogen and oxygen atoms in total. The highest BCUT2D eigenvalue weighted by Gasteiger charge is 2.22. The molecule has 0 aliphatic rings. The molecule has 0 bridgehead atoms. The zero-order valence-corrected chi connectivity index (χ0v) is 22.7. The molecule has 0 atom stereocenters. The molecule has 0 heterocycles. The first-order valence-electron chi connectivity index (χ1n) is 14.0. The highest BCUT2D eigenvalue weighted by molar-refractivity contribution is 6.37. The minimum Gasteiger partial charge on any atom is -0.0622 e. The Labute approximate surface area is 234 Å². The van der Waals surface area contributed by atoms with Crippen LogP contribution in [0, 0.1) is 13.8 Å². The number of benzene rings is 8. The zero-order valence-electron chi connectivity index (χ0n) is 22.7. The molecule has 0 spiro atoms. The first kappa shape index (κ1) is 23.0. The fraction of sp³-hybridized carbons (Fsp3) is 0.0500. The largest absolute Gasteiger partial charge is 0.0622 e. The summed E-state index contributed by atoms with van der Waals surface area (Å²) >= 11 is 0. The van der Waals surface area contributed by atoms with E-state index in [1.807, 2.05) is 0 Å². The number of hydrogen-bond acceptors (Lipinski definition) is 0. The Bertz CT molecular complexity index is 2260. The molecule has 0 aliphatic carbocycles. The van der Waals surface area contributed by atoms with E-state index in [1.54, 1.807) is 0 Å². The predicted octanol–water partition coefficient (Wildman–Crippen LogP) is 11.4. The Morgan fingerprint density at radius 2 is 0.825 bits per heavy atom. The molecule has 8 rings (SSSR count). The average Bonchev–Trinajstić information content (AvgIpc) is 3.01. The van der Waals surface area contributed by atoms with Crippen LogP contribution in [-0.4, -0.2) is 0 Å². The molecule has 40 heavy (non-hydrogen) atoms. The summed E-state index contributed by atoms with van der Waals surface area (Å²) in [6.07, 6.45) is 0. The summed E-state index contributed by atoms with van der Waals surface area (Å²) in [6, 6.07) is 49.3. The third kappa shape index (κ3) is 3.26. The Morgan fingerprint density at radius 1 is 0.350 bits per heavy atom. The Kier molecular flexibility index (Phi) is 5.06. The third-order valence-electron chi connectivity index (χ3n) is 8.73. The summed E-state index contributed by atoms with van der Waals surface area (Å²) in [5.74, 6) is 0. The molecule has 0 N–H and O–H groups in total. The lowest BCUT2D eigenvalue weighted by Gasteiger charge is -2.23. The summed E-state index contributed by atoms with van der Waals surface area (Å²) in [7, 11) is 0. The smallest absolute Gasteiger partial charge is 0.000741 e. The molecule has 8 aromatic carbocycles. The van der Waals surface area contributed by atoms with Crippen LogP contribution in [0.1, 0.15) is 11.1 Å². The van der Waals surface area contributed by atoms with Crippen molar-refractivity contribution in [3.8, 4) is 22.3 Å². The maximum absolute atomic E-state index is 2.43. The van der Waals surface area contributed by atoms with Gasteiger partial charge >= 0.3 is 0 Å². The molecule has 0 aromatic heterocycles. The van der Waals surface area contributed by atoms with E-state index in [2.05, 4.69) is 147 Å². The maximum Gasteiger partial charge on any atom is -0.000741 e. The zero-order chi connectivity index (χ0) is 26.8. The minimum absolute atomic E-state index is 1.26. The topological polar surface area (TPSA) is 0 Å². The number of aryl methyl sites for hydroxylation is 2. The van der Waals surface area contributed by atoms with Gasteiger partial charge in [0.1, 0.15) is 0 Å². The van der Waals surface area contributed by atoms with Crippen LogP contribution in [0.5, 0.6) is 0 Å². The van der Waals surface area contributed by atoms with Crippen LogP contribution in [-0.2, 0) is 0 Å². The van der Waals surface area contributed by atoms with Gasteiger partial charge < -0.3 is 0 Å². The lowest BCUT2D eigenvalue weighted by atomic mass is 9.80. The van der Waals surface area contributed by atoms with E-state index < -0.39 is 0 Å². The second-order valence-electron chi connectivity index (χ2n) is 11.0. The fourth-order valence-corrected chi connectivity index (χ4v) is 6.79. The van der Waals surface area contributed by atoms with Crippen LogP contribution in [0.2, 0.25) is 0 Å². The molecule has 0 heteroatoms. The van der Waals surface area contributed by atoms with Crippen molar-refractivity contribution in [1.29, 1.82) is 0 Å². The summed E-state index contributed by atoms with van der Waals surface area (Å²) in [4.78, 5) is 0. The summed E-state index contributed by atoms with van der Waals surface area (Å²) < 4.78 is 0. The van der Waals surface area contributed by atoms with Crippen molar-refractivity contribution in [3.63, 3.8) is 0 Å². The first-order valence-corrected chi connectivity index (χ1v) is 14.0. The van der Waals surface area contributed by atoms with Crippen LogP contribution >= 0.6 is 0 Å². The molecule has 0 fully saturated rings. The third-order valence-corrected chi connectivity index (χ3v) is 8.73. The highest BCUT2D eigenvalue weighted by Crippen LogP contribution is 2.50. The summed E-state index contributed by atoms with van der Waals surface area (Å²) in [5.41, 5.74) is 7.82. The highest BCUT2D eigenvalue weighted by atomic mass is 14.2. The summed E-state index contributed by atoms with van der Waals surface area (Å²) in [5, 5.41) is 13.0. The molecule has 0 saturated carbocycles. The van der Waals surface area contributed by atoms with Gasteiger partial charge in [0.05, 0.1) is 0 Å². The second-order valence-corrected chi connectivity index (χ2v) is 11.0. The Hall–Kier alpha value is -4.94. The molecule has 188 valence electrons. The monoisotopic (exact) mass is 508 g/mol. The van der Waals surface area contributed by atoms with Crippen LogP contribution in [0.3, 0.4) is 0 Å². The molecular weight excluding hydrogens is 480 g/mol. The number of fused-ring (bicyclic) bond motifs is 8. The van der Waals surface area contributed by atoms with Gasteiger partial charge in [-0.15, -0.1) is 0 Å². The lowest BCUT2D eigenvalue weighted by molar-refractivity contribution is 1.37. The van der Waals surface area contributed by atoms with Gasteiger partial charge in [0.25, 0.3) is 0 Å². The van der Waals surface area contributed by atoms with Crippen molar-refractivity contribution in [3.05, 3.63) is 145 Å². The minimum atomic E-state index is 1.26. The molecular formula is C40H28. The van der Waals surface area contributed by atoms with E-state index in [0.29, 0.717) is 0 Å². The molecule has 0 saturated heterocycles. The molecule has 0 radical (unpaired) electrons. The molecule has 0 aliphatic heterocycles. The lowest BCUT2D eigenvalue weighted by Crippen LogP contribution is -1.96. The van der Waals surface area contributed by atoms with E-state index in [1.165, 1.54) is 87.2 Å². The van der Waals surface area contributed by atoms with Crippen LogP contribution in [0.15, 0.2) is 133 Å². The SMILES string of the molecule is Cc1cc2c(-c3ccccc3)c3c4ccccc4c4ccccc4c3c(-c3cccc4ccccc34)c2cc1C. The fourth-order valence-electron chi connectivity index (χ4n) is 6.79. The first-order chi connectivity index (χ1) is 19.7. The van der Waals surface area contributed by atoms with E-state index in [-0.39, 0.29) is 0 Å². The van der Waals surface area contributed by atoms with Crippen molar-refractivity contribution in [2.45, 2.75) is 13.8 Å². The van der Waals surface area contributed by atoms with Gasteiger partial charge in [-0.2, -0.15) is 0 Å². The van der Waals surface area contributed by atoms with Gasteiger partial charge in [0.2, 0.25) is 0 Å². The number of hydrogen-bond donors (Lipinski definition) is 0. The van der Waals surface area contributed by atoms with Gasteiger partial charge in [-0.1, -0.05) is 133 Å². The average molecular weight is 509 g/mol. The van der Waals surface area contributed by atoms with Gasteiger partial charge in [-0.3, -0.25) is 0 Å². The molecule has 8 aromatic rings. The Morgan fingerprint density at radius 3 is 1.48 bits per heavy atom. The predicted molar refractivity (Wildman–Crippen MR) is 174 cm³/mol. The quantitative estimate of drug-likeness (QED) is 0.161. The van der Waals surface area contributed by atoms with Crippen molar-refractivity contribution < 1.29 is 0 Å². The maximum atomic E-state index is 2.43. The van der Waals surface area contributed by atoms with E-state index in [9.17, 15) is 0 Å². The van der Waals surface area contributed by atoms with Crippen LogP contribution < -0.4 is 0 Å². The van der Waals surface area contributed by atoms with Gasteiger partial charge in [0.15, 0.2) is 0 Å². The van der Waals surface area contributed by atoms with Crippen LogP contribution in [0.25, 0.3) is 76.1 Å². The normalized spacial score (nSPS) is 11.8. The Balaban J connectivity index is 1.78. The van der Waals surface area contributed by atoms with Crippen molar-refractivity contribution >= 4 is 53.9 Å².